The predicted molar refractivity (Wildman–Crippen MR) is 69.1 cm³/mol. The van der Waals surface area contributed by atoms with Crippen LogP contribution in [0.25, 0.3) is 11.0 Å². The van der Waals surface area contributed by atoms with E-state index in [0.717, 1.165) is 12.8 Å². The van der Waals surface area contributed by atoms with Crippen LogP contribution < -0.4 is 5.69 Å². The summed E-state index contributed by atoms with van der Waals surface area (Å²) in [5.41, 5.74) is 0.965. The Hall–Kier alpha value is -2.04. The molecule has 0 bridgehead atoms. The zero-order valence-electron chi connectivity index (χ0n) is 10.4. The molecule has 1 aromatic carbocycles. The van der Waals surface area contributed by atoms with Crippen molar-refractivity contribution in [1.29, 1.82) is 0 Å². The highest BCUT2D eigenvalue weighted by Crippen LogP contribution is 2.21. The number of benzene rings is 1. The van der Waals surface area contributed by atoms with E-state index in [2.05, 4.69) is 4.98 Å². The maximum Gasteiger partial charge on any atom is 0.337 e. The van der Waals surface area contributed by atoms with Gasteiger partial charge in [-0.3, -0.25) is 4.57 Å². The van der Waals surface area contributed by atoms with Crippen LogP contribution in [0.2, 0.25) is 0 Å². The largest absolute Gasteiger partial charge is 0.478 e. The number of fused-ring (bicyclic) bond motifs is 1. The van der Waals surface area contributed by atoms with Gasteiger partial charge in [-0.2, -0.15) is 0 Å². The van der Waals surface area contributed by atoms with Gasteiger partial charge in [0, 0.05) is 6.04 Å². The van der Waals surface area contributed by atoms with E-state index in [4.69, 9.17) is 0 Å². The summed E-state index contributed by atoms with van der Waals surface area (Å²) in [6.45, 7) is 3.96. The third kappa shape index (κ3) is 1.92. The average Bonchev–Trinajstić information content (AvgIpc) is 2.64. The fourth-order valence-corrected chi connectivity index (χ4v) is 2.32. The lowest BCUT2D eigenvalue weighted by Crippen LogP contribution is -2.21. The van der Waals surface area contributed by atoms with Gasteiger partial charge in [0.2, 0.25) is 0 Å². The molecule has 1 atom stereocenters. The molecule has 0 spiro atoms. The number of aromatic amines is 1. The number of H-pyrrole nitrogens is 1. The molecule has 2 rings (SSSR count). The second kappa shape index (κ2) is 4.68. The standard InChI is InChI=1S/C13H16N2O3/c1-3-5-8(2)15-11-9(12(16)17)6-4-7-10(11)14-13(15)18/h4,6-8H,3,5H2,1-2H3,(H,14,18)(H,16,17). The minimum atomic E-state index is -1.02. The highest BCUT2D eigenvalue weighted by atomic mass is 16.4. The minimum absolute atomic E-state index is 0.0169. The van der Waals surface area contributed by atoms with Gasteiger partial charge in [0.25, 0.3) is 0 Å². The van der Waals surface area contributed by atoms with Crippen molar-refractivity contribution in [3.63, 3.8) is 0 Å². The summed E-state index contributed by atoms with van der Waals surface area (Å²) >= 11 is 0. The van der Waals surface area contributed by atoms with Crippen LogP contribution in [0.4, 0.5) is 0 Å². The van der Waals surface area contributed by atoms with E-state index in [9.17, 15) is 14.7 Å². The lowest BCUT2D eigenvalue weighted by Gasteiger charge is -2.13. The quantitative estimate of drug-likeness (QED) is 0.872. The molecule has 0 aliphatic rings. The minimum Gasteiger partial charge on any atom is -0.478 e. The molecule has 0 aliphatic heterocycles. The Balaban J connectivity index is 2.75. The van der Waals surface area contributed by atoms with E-state index < -0.39 is 5.97 Å². The second-order valence-electron chi connectivity index (χ2n) is 4.44. The molecule has 1 heterocycles. The number of hydrogen-bond acceptors (Lipinski definition) is 2. The van der Waals surface area contributed by atoms with Crippen LogP contribution in [0.3, 0.4) is 0 Å². The van der Waals surface area contributed by atoms with Gasteiger partial charge >= 0.3 is 11.7 Å². The third-order valence-electron chi connectivity index (χ3n) is 3.11. The fraction of sp³-hybridized carbons (Fsp3) is 0.385. The van der Waals surface area contributed by atoms with Crippen molar-refractivity contribution in [2.45, 2.75) is 32.7 Å². The summed E-state index contributed by atoms with van der Waals surface area (Å²) in [7, 11) is 0. The number of para-hydroxylation sites is 1. The first-order valence-electron chi connectivity index (χ1n) is 6.02. The monoisotopic (exact) mass is 248 g/mol. The van der Waals surface area contributed by atoms with E-state index in [0.29, 0.717) is 11.0 Å². The smallest absolute Gasteiger partial charge is 0.337 e. The summed E-state index contributed by atoms with van der Waals surface area (Å²) in [6.07, 6.45) is 1.77. The molecule has 2 aromatic rings. The number of nitrogens with zero attached hydrogens (tertiary/aromatic N) is 1. The van der Waals surface area contributed by atoms with E-state index in [1.54, 1.807) is 16.7 Å². The molecule has 96 valence electrons. The molecule has 0 saturated heterocycles. The van der Waals surface area contributed by atoms with E-state index >= 15 is 0 Å². The summed E-state index contributed by atoms with van der Waals surface area (Å²) in [5, 5.41) is 9.20. The number of hydrogen-bond donors (Lipinski definition) is 2. The fourth-order valence-electron chi connectivity index (χ4n) is 2.32. The Labute approximate surface area is 104 Å². The van der Waals surface area contributed by atoms with Gasteiger partial charge in [-0.1, -0.05) is 19.4 Å². The van der Waals surface area contributed by atoms with Gasteiger partial charge in [-0.15, -0.1) is 0 Å². The molecule has 0 radical (unpaired) electrons. The highest BCUT2D eigenvalue weighted by molar-refractivity contribution is 6.01. The average molecular weight is 248 g/mol. The van der Waals surface area contributed by atoms with Gasteiger partial charge in [-0.25, -0.2) is 9.59 Å². The number of aromatic carboxylic acids is 1. The van der Waals surface area contributed by atoms with Crippen molar-refractivity contribution in [2.75, 3.05) is 0 Å². The zero-order chi connectivity index (χ0) is 13.3. The van der Waals surface area contributed by atoms with Crippen molar-refractivity contribution in [3.8, 4) is 0 Å². The van der Waals surface area contributed by atoms with Gasteiger partial charge < -0.3 is 10.1 Å². The van der Waals surface area contributed by atoms with Crippen molar-refractivity contribution >= 4 is 17.0 Å². The summed E-state index contributed by atoms with van der Waals surface area (Å²) in [6, 6.07) is 4.86. The Kier molecular flexibility index (Phi) is 3.23. The van der Waals surface area contributed by atoms with Crippen molar-refractivity contribution in [3.05, 3.63) is 34.2 Å². The third-order valence-corrected chi connectivity index (χ3v) is 3.11. The van der Waals surface area contributed by atoms with Crippen LogP contribution in [0.5, 0.6) is 0 Å². The van der Waals surface area contributed by atoms with Gasteiger partial charge in [-0.05, 0) is 25.5 Å². The van der Waals surface area contributed by atoms with Crippen molar-refractivity contribution < 1.29 is 9.90 Å². The number of rotatable bonds is 4. The molecule has 0 amide bonds. The molecular weight excluding hydrogens is 232 g/mol. The first-order chi connectivity index (χ1) is 8.56. The van der Waals surface area contributed by atoms with Crippen LogP contribution in [-0.4, -0.2) is 20.6 Å². The topological polar surface area (TPSA) is 75.1 Å². The lowest BCUT2D eigenvalue weighted by atomic mass is 10.1. The van der Waals surface area contributed by atoms with E-state index in [1.165, 1.54) is 6.07 Å². The molecule has 5 nitrogen and oxygen atoms in total. The molecule has 5 heteroatoms. The maximum atomic E-state index is 11.9. The summed E-state index contributed by atoms with van der Waals surface area (Å²) < 4.78 is 1.54. The van der Waals surface area contributed by atoms with Crippen LogP contribution in [0, 0.1) is 0 Å². The molecule has 1 unspecified atom stereocenters. The Morgan fingerprint density at radius 3 is 2.83 bits per heavy atom. The number of imidazole rings is 1. The molecule has 1 aromatic heterocycles. The van der Waals surface area contributed by atoms with Crippen LogP contribution in [0.15, 0.2) is 23.0 Å². The van der Waals surface area contributed by atoms with Gasteiger partial charge in [0.1, 0.15) is 0 Å². The Morgan fingerprint density at radius 2 is 2.22 bits per heavy atom. The molecule has 0 fully saturated rings. The number of aromatic nitrogens is 2. The van der Waals surface area contributed by atoms with Crippen LogP contribution in [-0.2, 0) is 0 Å². The van der Waals surface area contributed by atoms with Crippen LogP contribution >= 0.6 is 0 Å². The zero-order valence-corrected chi connectivity index (χ0v) is 10.4. The summed E-state index contributed by atoms with van der Waals surface area (Å²) in [4.78, 5) is 25.9. The second-order valence-corrected chi connectivity index (χ2v) is 4.44. The van der Waals surface area contributed by atoms with Crippen molar-refractivity contribution in [2.24, 2.45) is 0 Å². The predicted octanol–water partition coefficient (Wildman–Crippen LogP) is 2.39. The normalized spacial score (nSPS) is 12.8. The Bertz CT molecular complexity index is 639. The van der Waals surface area contributed by atoms with Gasteiger partial charge in [0.15, 0.2) is 0 Å². The molecular formula is C13H16N2O3. The number of carbonyl (C=O) groups is 1. The first kappa shape index (κ1) is 12.4. The van der Waals surface area contributed by atoms with Gasteiger partial charge in [0.05, 0.1) is 16.6 Å². The van der Waals surface area contributed by atoms with E-state index in [1.807, 2.05) is 13.8 Å². The lowest BCUT2D eigenvalue weighted by molar-refractivity contribution is 0.0698. The maximum absolute atomic E-state index is 11.9. The van der Waals surface area contributed by atoms with Crippen LogP contribution in [0.1, 0.15) is 43.1 Å². The number of carboxylic acid groups (broad SMARTS) is 1. The Morgan fingerprint density at radius 1 is 1.50 bits per heavy atom. The molecule has 0 saturated carbocycles. The van der Waals surface area contributed by atoms with E-state index in [-0.39, 0.29) is 17.3 Å². The molecule has 2 N–H and O–H groups in total. The number of nitrogens with one attached hydrogen (secondary N) is 1. The summed E-state index contributed by atoms with van der Waals surface area (Å²) in [5.74, 6) is -1.02. The number of carboxylic acids is 1. The molecule has 0 aliphatic carbocycles. The molecule has 18 heavy (non-hydrogen) atoms. The highest BCUT2D eigenvalue weighted by Gasteiger charge is 2.18. The van der Waals surface area contributed by atoms with Crippen molar-refractivity contribution in [1.82, 2.24) is 9.55 Å². The SMILES string of the molecule is CCCC(C)n1c(=O)[nH]c2cccc(C(=O)O)c21. The first-order valence-corrected chi connectivity index (χ1v) is 6.02.